The Morgan fingerprint density at radius 2 is 1.93 bits per heavy atom. The zero-order valence-corrected chi connectivity index (χ0v) is 9.07. The van der Waals surface area contributed by atoms with Crippen molar-refractivity contribution in [1.29, 1.82) is 0 Å². The zero-order valence-electron chi connectivity index (χ0n) is 9.07. The molecule has 2 aromatic rings. The molecule has 1 N–H and O–H groups in total. The van der Waals surface area contributed by atoms with Crippen LogP contribution in [-0.4, -0.2) is 14.9 Å². The molecule has 76 valence electrons. The monoisotopic (exact) mass is 192 g/mol. The molecule has 1 aromatic heterocycles. The molecule has 3 heteroatoms. The summed E-state index contributed by atoms with van der Waals surface area (Å²) in [6, 6.07) is 3.61. The Bertz CT molecular complexity index is 393. The number of nitrogens with zero attached hydrogens (tertiary/aromatic N) is 2. The van der Waals surface area contributed by atoms with Crippen molar-refractivity contribution in [3.8, 4) is 5.75 Å². The predicted octanol–water partition coefficient (Wildman–Crippen LogP) is 2.61. The fraction of sp³-hybridized carbons (Fsp3) is 0.364. The molecule has 0 aliphatic carbocycles. The minimum Gasteiger partial charge on any atom is -0.508 e. The fourth-order valence-electron chi connectivity index (χ4n) is 1.30. The van der Waals surface area contributed by atoms with Gasteiger partial charge in [-0.15, -0.1) is 0 Å². The molecule has 1 heterocycles. The summed E-state index contributed by atoms with van der Waals surface area (Å²) in [5.74, 6) is 0.307. The van der Waals surface area contributed by atoms with Crippen molar-refractivity contribution in [2.45, 2.75) is 20.8 Å². The van der Waals surface area contributed by atoms with Crippen LogP contribution in [0.1, 0.15) is 19.4 Å². The smallest absolute Gasteiger partial charge is 0.120 e. The molecule has 0 radical (unpaired) electrons. The molecule has 0 atom stereocenters. The topological polar surface area (TPSA) is 38.0 Å². The van der Waals surface area contributed by atoms with Gasteiger partial charge in [0.15, 0.2) is 0 Å². The van der Waals surface area contributed by atoms with E-state index in [-0.39, 0.29) is 0 Å². The Morgan fingerprint density at radius 3 is 2.57 bits per heavy atom. The molecule has 14 heavy (non-hydrogen) atoms. The van der Waals surface area contributed by atoms with Crippen LogP contribution in [0.4, 0.5) is 0 Å². The standard InChI is InChI=1S/C9H10N2O.C2H6/c1-6-3-7-5-11(2)10-8(7)4-9(6)12;1-2/h3-5,12H,1-2H3;1-2H3. The van der Waals surface area contributed by atoms with Gasteiger partial charge in [0.2, 0.25) is 0 Å². The molecular weight excluding hydrogens is 176 g/mol. The molecule has 0 spiro atoms. The predicted molar refractivity (Wildman–Crippen MR) is 58.5 cm³/mol. The largest absolute Gasteiger partial charge is 0.508 e. The number of aromatic hydroxyl groups is 1. The van der Waals surface area contributed by atoms with Gasteiger partial charge >= 0.3 is 0 Å². The van der Waals surface area contributed by atoms with Crippen LogP contribution < -0.4 is 0 Å². The van der Waals surface area contributed by atoms with Crippen molar-refractivity contribution in [1.82, 2.24) is 9.78 Å². The van der Waals surface area contributed by atoms with E-state index in [1.165, 1.54) is 0 Å². The van der Waals surface area contributed by atoms with Gasteiger partial charge in [0.05, 0.1) is 5.52 Å². The third-order valence-electron chi connectivity index (χ3n) is 1.94. The third-order valence-corrected chi connectivity index (χ3v) is 1.94. The molecule has 0 unspecified atom stereocenters. The molecule has 0 bridgehead atoms. The summed E-state index contributed by atoms with van der Waals surface area (Å²) >= 11 is 0. The molecule has 0 fully saturated rings. The summed E-state index contributed by atoms with van der Waals surface area (Å²) in [5, 5.41) is 14.6. The number of phenolic OH excluding ortho intramolecular Hbond substituents is 1. The van der Waals surface area contributed by atoms with E-state index in [4.69, 9.17) is 0 Å². The van der Waals surface area contributed by atoms with Gasteiger partial charge < -0.3 is 5.11 Å². The van der Waals surface area contributed by atoms with Crippen molar-refractivity contribution >= 4 is 10.9 Å². The van der Waals surface area contributed by atoms with Crippen molar-refractivity contribution in [3.05, 3.63) is 23.9 Å². The van der Waals surface area contributed by atoms with Crippen molar-refractivity contribution in [2.24, 2.45) is 7.05 Å². The van der Waals surface area contributed by atoms with Crippen LogP contribution in [0.5, 0.6) is 5.75 Å². The summed E-state index contributed by atoms with van der Waals surface area (Å²) < 4.78 is 1.74. The summed E-state index contributed by atoms with van der Waals surface area (Å²) in [6.45, 7) is 5.88. The van der Waals surface area contributed by atoms with Gasteiger partial charge in [-0.3, -0.25) is 4.68 Å². The Hall–Kier alpha value is -1.51. The first kappa shape index (κ1) is 10.6. The van der Waals surface area contributed by atoms with Gasteiger partial charge in [-0.1, -0.05) is 13.8 Å². The highest BCUT2D eigenvalue weighted by atomic mass is 16.3. The maximum Gasteiger partial charge on any atom is 0.120 e. The lowest BCUT2D eigenvalue weighted by molar-refractivity contribution is 0.472. The van der Waals surface area contributed by atoms with E-state index in [2.05, 4.69) is 5.10 Å². The van der Waals surface area contributed by atoms with E-state index >= 15 is 0 Å². The van der Waals surface area contributed by atoms with Crippen LogP contribution in [0.3, 0.4) is 0 Å². The maximum atomic E-state index is 9.38. The van der Waals surface area contributed by atoms with Crippen molar-refractivity contribution in [2.75, 3.05) is 0 Å². The average Bonchev–Trinajstić information content (AvgIpc) is 2.49. The highest BCUT2D eigenvalue weighted by Crippen LogP contribution is 2.22. The van der Waals surface area contributed by atoms with Gasteiger partial charge in [-0.2, -0.15) is 5.10 Å². The van der Waals surface area contributed by atoms with Crippen LogP contribution >= 0.6 is 0 Å². The molecule has 0 amide bonds. The first-order chi connectivity index (χ1) is 6.66. The second kappa shape index (κ2) is 4.13. The van der Waals surface area contributed by atoms with Crippen LogP contribution in [-0.2, 0) is 7.05 Å². The molecule has 2 rings (SSSR count). The van der Waals surface area contributed by atoms with Gasteiger partial charge in [0.1, 0.15) is 5.75 Å². The SMILES string of the molecule is CC.Cc1cc2cn(C)nc2cc1O. The normalized spacial score (nSPS) is 9.71. The molecule has 0 aliphatic heterocycles. The Labute approximate surface area is 84.0 Å². The molecule has 0 saturated heterocycles. The van der Waals surface area contributed by atoms with Gasteiger partial charge in [0, 0.05) is 24.7 Å². The second-order valence-corrected chi connectivity index (χ2v) is 3.00. The Kier molecular flexibility index (Phi) is 3.12. The van der Waals surface area contributed by atoms with Crippen LogP contribution in [0.25, 0.3) is 10.9 Å². The Balaban J connectivity index is 0.000000461. The lowest BCUT2D eigenvalue weighted by Gasteiger charge is -1.95. The summed E-state index contributed by atoms with van der Waals surface area (Å²) in [4.78, 5) is 0. The molecule has 1 aromatic carbocycles. The fourth-order valence-corrected chi connectivity index (χ4v) is 1.30. The number of aromatic nitrogens is 2. The number of fused-ring (bicyclic) bond motifs is 1. The first-order valence-corrected chi connectivity index (χ1v) is 4.80. The second-order valence-electron chi connectivity index (χ2n) is 3.00. The quantitative estimate of drug-likeness (QED) is 0.696. The number of hydrogen-bond donors (Lipinski definition) is 1. The maximum absolute atomic E-state index is 9.38. The van der Waals surface area contributed by atoms with E-state index in [9.17, 15) is 5.11 Å². The van der Waals surface area contributed by atoms with Crippen LogP contribution in [0.2, 0.25) is 0 Å². The average molecular weight is 192 g/mol. The molecule has 3 nitrogen and oxygen atoms in total. The molecule has 0 saturated carbocycles. The summed E-state index contributed by atoms with van der Waals surface area (Å²) in [5.41, 5.74) is 1.72. The van der Waals surface area contributed by atoms with Crippen LogP contribution in [0, 0.1) is 6.92 Å². The van der Waals surface area contributed by atoms with E-state index in [1.54, 1.807) is 10.7 Å². The van der Waals surface area contributed by atoms with Crippen molar-refractivity contribution < 1.29 is 5.11 Å². The summed E-state index contributed by atoms with van der Waals surface area (Å²) in [7, 11) is 1.87. The van der Waals surface area contributed by atoms with Gasteiger partial charge in [-0.25, -0.2) is 0 Å². The number of phenols is 1. The van der Waals surface area contributed by atoms with E-state index in [0.29, 0.717) is 5.75 Å². The zero-order chi connectivity index (χ0) is 10.7. The number of hydrogen-bond acceptors (Lipinski definition) is 2. The van der Waals surface area contributed by atoms with Gasteiger partial charge in [-0.05, 0) is 18.6 Å². The number of aryl methyl sites for hydroxylation is 2. The highest BCUT2D eigenvalue weighted by Gasteiger charge is 2.01. The lowest BCUT2D eigenvalue weighted by atomic mass is 10.2. The van der Waals surface area contributed by atoms with E-state index in [1.807, 2.05) is 40.1 Å². The van der Waals surface area contributed by atoms with Crippen LogP contribution in [0.15, 0.2) is 18.3 Å². The Morgan fingerprint density at radius 1 is 1.29 bits per heavy atom. The summed E-state index contributed by atoms with van der Waals surface area (Å²) in [6.07, 6.45) is 1.93. The number of rotatable bonds is 0. The third kappa shape index (κ3) is 1.87. The minimum atomic E-state index is 0.307. The molecule has 0 aliphatic rings. The van der Waals surface area contributed by atoms with E-state index < -0.39 is 0 Å². The first-order valence-electron chi connectivity index (χ1n) is 4.80. The van der Waals surface area contributed by atoms with E-state index in [0.717, 1.165) is 16.5 Å². The molecular formula is C11H16N2O. The minimum absolute atomic E-state index is 0.307. The number of benzene rings is 1. The lowest BCUT2D eigenvalue weighted by Crippen LogP contribution is -1.84. The highest BCUT2D eigenvalue weighted by molar-refractivity contribution is 5.80. The van der Waals surface area contributed by atoms with Gasteiger partial charge in [0.25, 0.3) is 0 Å². The van der Waals surface area contributed by atoms with Crippen molar-refractivity contribution in [3.63, 3.8) is 0 Å².